The van der Waals surface area contributed by atoms with Gasteiger partial charge in [0.25, 0.3) is 0 Å². The largest absolute Gasteiger partial charge is 0.316 e. The topological polar surface area (TPSA) is 15.3 Å². The van der Waals surface area contributed by atoms with E-state index < -0.39 is 0 Å². The molecule has 1 atom stereocenters. The molecule has 1 fully saturated rings. The minimum atomic E-state index is 0.789. The van der Waals surface area contributed by atoms with Crippen LogP contribution in [0.2, 0.25) is 0 Å². The molecular weight excluding hydrogens is 256 g/mol. The van der Waals surface area contributed by atoms with E-state index in [0.717, 1.165) is 19.0 Å². The predicted molar refractivity (Wildman–Crippen MR) is 88.0 cm³/mol. The number of rotatable bonds is 6. The van der Waals surface area contributed by atoms with Crippen LogP contribution in [0.3, 0.4) is 0 Å². The summed E-state index contributed by atoms with van der Waals surface area (Å²) in [6.07, 6.45) is 1.31. The number of hydrogen-bond acceptors (Lipinski definition) is 2. The first kappa shape index (κ1) is 14.3. The lowest BCUT2D eigenvalue weighted by Crippen LogP contribution is -2.29. The molecule has 1 aliphatic rings. The molecule has 1 unspecified atom stereocenters. The summed E-state index contributed by atoms with van der Waals surface area (Å²) in [4.78, 5) is 2.59. The first-order valence-corrected chi connectivity index (χ1v) is 7.91. The van der Waals surface area contributed by atoms with Crippen LogP contribution in [0.5, 0.6) is 0 Å². The molecule has 0 aromatic heterocycles. The van der Waals surface area contributed by atoms with Gasteiger partial charge in [-0.1, -0.05) is 60.7 Å². The monoisotopic (exact) mass is 280 g/mol. The third kappa shape index (κ3) is 4.42. The normalized spacial score (nSPS) is 18.2. The maximum Gasteiger partial charge on any atom is 0.0237 e. The van der Waals surface area contributed by atoms with Gasteiger partial charge in [0.15, 0.2) is 0 Å². The molecule has 2 aromatic rings. The lowest BCUT2D eigenvalue weighted by atomic mass is 10.1. The van der Waals surface area contributed by atoms with Crippen LogP contribution in [0.4, 0.5) is 0 Å². The van der Waals surface area contributed by atoms with E-state index in [0.29, 0.717) is 0 Å². The molecule has 0 saturated carbocycles. The number of benzene rings is 2. The molecule has 1 aliphatic heterocycles. The fourth-order valence-electron chi connectivity index (χ4n) is 3.10. The van der Waals surface area contributed by atoms with Gasteiger partial charge in [-0.15, -0.1) is 0 Å². The summed E-state index contributed by atoms with van der Waals surface area (Å²) in [7, 11) is 0. The van der Waals surface area contributed by atoms with E-state index in [1.165, 1.54) is 37.2 Å². The highest BCUT2D eigenvalue weighted by atomic mass is 15.1. The first-order valence-electron chi connectivity index (χ1n) is 7.91. The average molecular weight is 280 g/mol. The van der Waals surface area contributed by atoms with E-state index in [2.05, 4.69) is 70.9 Å². The van der Waals surface area contributed by atoms with Crippen LogP contribution in [-0.2, 0) is 13.1 Å². The SMILES string of the molecule is c1ccc(CN(Cc2ccccc2)CC2CCNC2)cc1. The minimum Gasteiger partial charge on any atom is -0.316 e. The Morgan fingerprint density at radius 3 is 1.90 bits per heavy atom. The minimum absolute atomic E-state index is 0.789. The van der Waals surface area contributed by atoms with Crippen LogP contribution in [0.1, 0.15) is 17.5 Å². The standard InChI is InChI=1S/C19H24N2/c1-3-7-17(8-4-1)14-21(16-19-11-12-20-13-19)15-18-9-5-2-6-10-18/h1-10,19-20H,11-16H2. The van der Waals surface area contributed by atoms with Crippen molar-refractivity contribution < 1.29 is 0 Å². The summed E-state index contributed by atoms with van der Waals surface area (Å²) in [5.41, 5.74) is 2.80. The van der Waals surface area contributed by atoms with Gasteiger partial charge in [-0.25, -0.2) is 0 Å². The van der Waals surface area contributed by atoms with Crippen molar-refractivity contribution in [1.82, 2.24) is 10.2 Å². The Morgan fingerprint density at radius 2 is 1.43 bits per heavy atom. The Labute approximate surface area is 127 Å². The zero-order chi connectivity index (χ0) is 14.3. The van der Waals surface area contributed by atoms with E-state index >= 15 is 0 Å². The molecule has 1 saturated heterocycles. The van der Waals surface area contributed by atoms with Crippen molar-refractivity contribution in [1.29, 1.82) is 0 Å². The van der Waals surface area contributed by atoms with Crippen molar-refractivity contribution in [3.8, 4) is 0 Å². The van der Waals surface area contributed by atoms with E-state index in [-0.39, 0.29) is 0 Å². The van der Waals surface area contributed by atoms with Gasteiger partial charge in [0.05, 0.1) is 0 Å². The molecule has 0 amide bonds. The van der Waals surface area contributed by atoms with Crippen LogP contribution >= 0.6 is 0 Å². The molecular formula is C19H24N2. The van der Waals surface area contributed by atoms with Gasteiger partial charge < -0.3 is 5.32 Å². The Kier molecular flexibility index (Phi) is 5.03. The predicted octanol–water partition coefficient (Wildman–Crippen LogP) is 3.30. The van der Waals surface area contributed by atoms with E-state index in [1.807, 2.05) is 0 Å². The second-order valence-electron chi connectivity index (χ2n) is 6.00. The second kappa shape index (κ2) is 7.39. The molecule has 110 valence electrons. The zero-order valence-electron chi connectivity index (χ0n) is 12.5. The summed E-state index contributed by atoms with van der Waals surface area (Å²) >= 11 is 0. The molecule has 2 nitrogen and oxygen atoms in total. The third-order valence-electron chi connectivity index (χ3n) is 4.18. The maximum absolute atomic E-state index is 3.48. The molecule has 3 rings (SSSR count). The van der Waals surface area contributed by atoms with Crippen molar-refractivity contribution in [2.24, 2.45) is 5.92 Å². The van der Waals surface area contributed by atoms with E-state index in [1.54, 1.807) is 0 Å². The molecule has 1 heterocycles. The molecule has 0 radical (unpaired) electrons. The van der Waals surface area contributed by atoms with Gasteiger partial charge in [0.1, 0.15) is 0 Å². The van der Waals surface area contributed by atoms with Gasteiger partial charge >= 0.3 is 0 Å². The maximum atomic E-state index is 3.48. The van der Waals surface area contributed by atoms with Crippen LogP contribution in [0.25, 0.3) is 0 Å². The molecule has 2 aromatic carbocycles. The highest BCUT2D eigenvalue weighted by molar-refractivity contribution is 5.17. The highest BCUT2D eigenvalue weighted by Crippen LogP contribution is 2.15. The lowest BCUT2D eigenvalue weighted by molar-refractivity contribution is 0.220. The van der Waals surface area contributed by atoms with Crippen LogP contribution in [0, 0.1) is 5.92 Å². The fourth-order valence-corrected chi connectivity index (χ4v) is 3.10. The van der Waals surface area contributed by atoms with Gasteiger partial charge in [-0.05, 0) is 36.6 Å². The van der Waals surface area contributed by atoms with Gasteiger partial charge in [-0.2, -0.15) is 0 Å². The van der Waals surface area contributed by atoms with Crippen molar-refractivity contribution in [2.45, 2.75) is 19.5 Å². The number of hydrogen-bond donors (Lipinski definition) is 1. The number of nitrogens with zero attached hydrogens (tertiary/aromatic N) is 1. The van der Waals surface area contributed by atoms with Crippen molar-refractivity contribution >= 4 is 0 Å². The van der Waals surface area contributed by atoms with Crippen LogP contribution in [0.15, 0.2) is 60.7 Å². The van der Waals surface area contributed by atoms with Gasteiger partial charge in [0.2, 0.25) is 0 Å². The molecule has 2 heteroatoms. The highest BCUT2D eigenvalue weighted by Gasteiger charge is 2.18. The van der Waals surface area contributed by atoms with Crippen molar-refractivity contribution in [2.75, 3.05) is 19.6 Å². The van der Waals surface area contributed by atoms with Crippen molar-refractivity contribution in [3.63, 3.8) is 0 Å². The van der Waals surface area contributed by atoms with Crippen molar-refractivity contribution in [3.05, 3.63) is 71.8 Å². The quantitative estimate of drug-likeness (QED) is 0.873. The van der Waals surface area contributed by atoms with Crippen LogP contribution in [-0.4, -0.2) is 24.5 Å². The zero-order valence-corrected chi connectivity index (χ0v) is 12.5. The summed E-state index contributed by atoms with van der Waals surface area (Å²) in [6, 6.07) is 21.6. The molecule has 1 N–H and O–H groups in total. The summed E-state index contributed by atoms with van der Waals surface area (Å²) in [5.74, 6) is 0.789. The average Bonchev–Trinajstić information content (AvgIpc) is 3.02. The lowest BCUT2D eigenvalue weighted by Gasteiger charge is -2.25. The second-order valence-corrected chi connectivity index (χ2v) is 6.00. The smallest absolute Gasteiger partial charge is 0.0237 e. The molecule has 0 aliphatic carbocycles. The van der Waals surface area contributed by atoms with Gasteiger partial charge in [-0.3, -0.25) is 4.90 Å². The molecule has 0 bridgehead atoms. The van der Waals surface area contributed by atoms with E-state index in [9.17, 15) is 0 Å². The van der Waals surface area contributed by atoms with Crippen LogP contribution < -0.4 is 5.32 Å². The Morgan fingerprint density at radius 1 is 0.857 bits per heavy atom. The third-order valence-corrected chi connectivity index (χ3v) is 4.18. The Hall–Kier alpha value is -1.64. The Bertz CT molecular complexity index is 476. The van der Waals surface area contributed by atoms with Gasteiger partial charge in [0, 0.05) is 19.6 Å². The summed E-state index contributed by atoms with van der Waals surface area (Å²) in [5, 5.41) is 3.48. The molecule has 0 spiro atoms. The summed E-state index contributed by atoms with van der Waals surface area (Å²) < 4.78 is 0. The van der Waals surface area contributed by atoms with E-state index in [4.69, 9.17) is 0 Å². The summed E-state index contributed by atoms with van der Waals surface area (Å²) in [6.45, 7) is 5.59. The Balaban J connectivity index is 1.67. The first-order chi connectivity index (χ1) is 10.4. The fraction of sp³-hybridized carbons (Fsp3) is 0.368. The number of nitrogens with one attached hydrogen (secondary N) is 1. The molecule has 21 heavy (non-hydrogen) atoms.